The fourth-order valence-electron chi connectivity index (χ4n) is 4.56. The van der Waals surface area contributed by atoms with Gasteiger partial charge in [-0.25, -0.2) is 17.8 Å². The molecule has 4 rings (SSSR count). The number of carbonyl (C=O) groups is 1. The first-order chi connectivity index (χ1) is 15.0. The van der Waals surface area contributed by atoms with Crippen LogP contribution in [0.4, 0.5) is 4.39 Å². The van der Waals surface area contributed by atoms with Crippen LogP contribution in [0.2, 0.25) is 0 Å². The lowest BCUT2D eigenvalue weighted by Crippen LogP contribution is -2.61. The molecule has 1 saturated carbocycles. The van der Waals surface area contributed by atoms with Crippen LogP contribution in [0.3, 0.4) is 0 Å². The van der Waals surface area contributed by atoms with E-state index >= 15 is 0 Å². The second-order valence-electron chi connectivity index (χ2n) is 9.22. The van der Waals surface area contributed by atoms with E-state index in [0.29, 0.717) is 11.3 Å². The van der Waals surface area contributed by atoms with E-state index in [9.17, 15) is 17.6 Å². The number of hydrogen-bond acceptors (Lipinski definition) is 7. The van der Waals surface area contributed by atoms with E-state index in [0.717, 1.165) is 19.3 Å². The van der Waals surface area contributed by atoms with Crippen LogP contribution in [0.5, 0.6) is 0 Å². The van der Waals surface area contributed by atoms with E-state index in [4.69, 9.17) is 5.73 Å². The molecule has 0 amide bonds. The number of aryl methyl sites for hydroxylation is 1. The van der Waals surface area contributed by atoms with Gasteiger partial charge in [-0.1, -0.05) is 12.5 Å². The molecule has 1 aliphatic carbocycles. The van der Waals surface area contributed by atoms with Crippen LogP contribution in [-0.2, 0) is 21.8 Å². The number of Topliss-reactive ketones (excluding diaryl/α,β-unsaturated/α-hetero) is 1. The molecular weight excluding hydrogens is 431 g/mol. The molecule has 9 heteroatoms. The predicted molar refractivity (Wildman–Crippen MR) is 120 cm³/mol. The minimum Gasteiger partial charge on any atom is -0.386 e. The van der Waals surface area contributed by atoms with Gasteiger partial charge in [-0.05, 0) is 57.2 Å². The third-order valence-corrected chi connectivity index (χ3v) is 9.70. The van der Waals surface area contributed by atoms with E-state index in [-0.39, 0.29) is 41.0 Å². The topological polar surface area (TPSA) is 115 Å². The lowest BCUT2D eigenvalue weighted by Gasteiger charge is -2.46. The predicted octanol–water partition coefficient (Wildman–Crippen LogP) is 2.91. The number of rotatable bonds is 5. The molecule has 1 aromatic carbocycles. The first-order valence-corrected chi connectivity index (χ1v) is 12.3. The maximum atomic E-state index is 14.9. The van der Waals surface area contributed by atoms with Crippen molar-refractivity contribution in [3.8, 4) is 0 Å². The normalized spacial score (nSPS) is 27.4. The van der Waals surface area contributed by atoms with Crippen LogP contribution in [-0.4, -0.2) is 40.5 Å². The lowest BCUT2D eigenvalue weighted by molar-refractivity contribution is 0.0987. The van der Waals surface area contributed by atoms with Gasteiger partial charge < -0.3 is 5.73 Å². The van der Waals surface area contributed by atoms with Crippen LogP contribution in [0.15, 0.2) is 35.6 Å². The molecule has 0 bridgehead atoms. The highest BCUT2D eigenvalue weighted by molar-refractivity contribution is 7.93. The van der Waals surface area contributed by atoms with Gasteiger partial charge in [-0.2, -0.15) is 0 Å². The number of benzene rings is 1. The van der Waals surface area contributed by atoms with Gasteiger partial charge in [0.05, 0.1) is 17.6 Å². The Kier molecular flexibility index (Phi) is 5.43. The summed E-state index contributed by atoms with van der Waals surface area (Å²) in [6.07, 6.45) is 5.44. The van der Waals surface area contributed by atoms with Crippen molar-refractivity contribution in [1.29, 1.82) is 0 Å². The van der Waals surface area contributed by atoms with Gasteiger partial charge in [0, 0.05) is 18.2 Å². The van der Waals surface area contributed by atoms with Crippen LogP contribution < -0.4 is 5.73 Å². The Morgan fingerprint density at radius 1 is 1.22 bits per heavy atom. The summed E-state index contributed by atoms with van der Waals surface area (Å²) >= 11 is 0. The third-order valence-electron chi connectivity index (χ3n) is 6.92. The summed E-state index contributed by atoms with van der Waals surface area (Å²) in [6.45, 7) is 4.99. The number of aliphatic imine (C=N–C) groups is 1. The number of nitrogens with zero attached hydrogens (tertiary/aromatic N) is 3. The van der Waals surface area contributed by atoms with Crippen LogP contribution >= 0.6 is 0 Å². The SMILES string of the molecule is Cc1cnc(C(=O)Cc2ccc(F)c([C@]3(C)CS(=O)(=O)[C@@](C)(C4CCC4)C(N)=N3)c2)cn1. The molecule has 7 nitrogen and oxygen atoms in total. The van der Waals surface area contributed by atoms with Crippen LogP contribution in [0.25, 0.3) is 0 Å². The second-order valence-corrected chi connectivity index (χ2v) is 11.6. The summed E-state index contributed by atoms with van der Waals surface area (Å²) in [4.78, 5) is 25.3. The van der Waals surface area contributed by atoms with E-state index in [1.807, 2.05) is 0 Å². The highest BCUT2D eigenvalue weighted by atomic mass is 32.2. The molecule has 0 radical (unpaired) electrons. The Bertz CT molecular complexity index is 1210. The zero-order valence-electron chi connectivity index (χ0n) is 18.4. The fraction of sp³-hybridized carbons (Fsp3) is 0.478. The van der Waals surface area contributed by atoms with Crippen molar-refractivity contribution in [2.45, 2.75) is 56.7 Å². The summed E-state index contributed by atoms with van der Waals surface area (Å²) in [6, 6.07) is 4.25. The molecule has 2 N–H and O–H groups in total. The van der Waals surface area contributed by atoms with Gasteiger partial charge in [0.1, 0.15) is 27.6 Å². The summed E-state index contributed by atoms with van der Waals surface area (Å²) < 4.78 is 40.4. The van der Waals surface area contributed by atoms with Crippen LogP contribution in [0, 0.1) is 18.7 Å². The van der Waals surface area contributed by atoms with Gasteiger partial charge >= 0.3 is 0 Å². The van der Waals surface area contributed by atoms with Gasteiger partial charge in [0.2, 0.25) is 0 Å². The number of hydrogen-bond donors (Lipinski definition) is 1. The van der Waals surface area contributed by atoms with Crippen molar-refractivity contribution < 1.29 is 17.6 Å². The Balaban J connectivity index is 1.69. The highest BCUT2D eigenvalue weighted by Gasteiger charge is 2.57. The zero-order valence-corrected chi connectivity index (χ0v) is 19.2. The first kappa shape index (κ1) is 22.5. The summed E-state index contributed by atoms with van der Waals surface area (Å²) in [7, 11) is -3.70. The number of nitrogens with two attached hydrogens (primary N) is 1. The minimum atomic E-state index is -3.70. The maximum absolute atomic E-state index is 14.9. The van der Waals surface area contributed by atoms with Crippen molar-refractivity contribution in [2.24, 2.45) is 16.6 Å². The molecule has 0 spiro atoms. The van der Waals surface area contributed by atoms with Crippen molar-refractivity contribution in [2.75, 3.05) is 5.75 Å². The molecule has 0 saturated heterocycles. The Morgan fingerprint density at radius 2 is 1.94 bits per heavy atom. The number of sulfone groups is 1. The van der Waals surface area contributed by atoms with Crippen molar-refractivity contribution in [1.82, 2.24) is 9.97 Å². The first-order valence-electron chi connectivity index (χ1n) is 10.6. The third kappa shape index (κ3) is 3.62. The smallest absolute Gasteiger partial charge is 0.187 e. The largest absolute Gasteiger partial charge is 0.386 e. The van der Waals surface area contributed by atoms with Gasteiger partial charge in [-0.3, -0.25) is 14.8 Å². The number of carbonyl (C=O) groups excluding carboxylic acids is 1. The fourth-order valence-corrected chi connectivity index (χ4v) is 6.92. The molecular formula is C23H27FN4O3S. The molecule has 1 fully saturated rings. The standard InChI is InChI=1S/C23H27FN4O3S/c1-14-11-27-19(12-26-14)20(29)10-15-7-8-18(24)17(9-15)22(2)13-32(30,31)23(3,21(25)28-22)16-5-4-6-16/h7-9,11-12,16H,4-6,10,13H2,1-3H3,(H2,25,28)/t22-,23-/m0/s1. The van der Waals surface area contributed by atoms with Crippen molar-refractivity contribution >= 4 is 21.5 Å². The minimum absolute atomic E-state index is 0.0210. The number of amidine groups is 1. The summed E-state index contributed by atoms with van der Waals surface area (Å²) in [5, 5.41) is 0. The lowest BCUT2D eigenvalue weighted by atomic mass is 9.75. The average molecular weight is 459 g/mol. The number of ketones is 1. The quantitative estimate of drug-likeness (QED) is 0.689. The van der Waals surface area contributed by atoms with Crippen molar-refractivity contribution in [3.05, 3.63) is 58.9 Å². The molecule has 170 valence electrons. The number of aromatic nitrogens is 2. The molecule has 1 aromatic heterocycles. The van der Waals surface area contributed by atoms with E-state index in [1.165, 1.54) is 30.6 Å². The van der Waals surface area contributed by atoms with Gasteiger partial charge in [0.25, 0.3) is 0 Å². The highest BCUT2D eigenvalue weighted by Crippen LogP contribution is 2.47. The molecule has 2 heterocycles. The number of halogens is 1. The molecule has 2 aromatic rings. The maximum Gasteiger partial charge on any atom is 0.187 e. The Morgan fingerprint density at radius 3 is 2.50 bits per heavy atom. The molecule has 1 aliphatic heterocycles. The van der Waals surface area contributed by atoms with Crippen LogP contribution in [0.1, 0.15) is 60.4 Å². The monoisotopic (exact) mass is 458 g/mol. The summed E-state index contributed by atoms with van der Waals surface area (Å²) in [5.74, 6) is -1.22. The van der Waals surface area contributed by atoms with Gasteiger partial charge in [0.15, 0.2) is 15.6 Å². The molecule has 2 atom stereocenters. The van der Waals surface area contributed by atoms with E-state index < -0.39 is 25.9 Å². The molecule has 0 unspecified atom stereocenters. The second kappa shape index (κ2) is 7.72. The molecule has 32 heavy (non-hydrogen) atoms. The Labute approximate surface area is 187 Å². The zero-order chi connectivity index (χ0) is 23.3. The average Bonchev–Trinajstić information content (AvgIpc) is 2.66. The molecule has 2 aliphatic rings. The van der Waals surface area contributed by atoms with E-state index in [1.54, 1.807) is 20.8 Å². The Hall–Kier alpha value is -2.68. The van der Waals surface area contributed by atoms with E-state index in [2.05, 4.69) is 15.0 Å². The summed E-state index contributed by atoms with van der Waals surface area (Å²) in [5.41, 5.74) is 6.43. The van der Waals surface area contributed by atoms with Gasteiger partial charge in [-0.15, -0.1) is 0 Å². The van der Waals surface area contributed by atoms with Crippen molar-refractivity contribution in [3.63, 3.8) is 0 Å².